The molecule has 1 spiro atoms. The van der Waals surface area contributed by atoms with Crippen molar-refractivity contribution in [2.75, 3.05) is 39.5 Å². The molecule has 0 radical (unpaired) electrons. The summed E-state index contributed by atoms with van der Waals surface area (Å²) in [6.07, 6.45) is -3.85. The number of nitrogens with zero attached hydrogens (tertiary/aromatic N) is 3. The molecule has 1 unspecified atom stereocenters. The minimum absolute atomic E-state index is 0.0320. The Labute approximate surface area is 176 Å². The van der Waals surface area contributed by atoms with Gasteiger partial charge in [-0.1, -0.05) is 5.16 Å². The Morgan fingerprint density at radius 3 is 2.43 bits per heavy atom. The third kappa shape index (κ3) is 6.35. The first kappa shape index (κ1) is 24.5. The van der Waals surface area contributed by atoms with Gasteiger partial charge >= 0.3 is 12.1 Å². The number of amides is 1. The Morgan fingerprint density at radius 1 is 1.37 bits per heavy atom. The van der Waals surface area contributed by atoms with Crippen molar-refractivity contribution in [2.45, 2.75) is 43.8 Å². The molecule has 0 saturated carbocycles. The number of likely N-dealkylation sites (N-methyl/N-ethyl adjacent to an activating group) is 1. The van der Waals surface area contributed by atoms with E-state index in [1.165, 1.54) is 5.56 Å². The molecule has 1 N–H and O–H groups in total. The average molecular weight is 453 g/mol. The summed E-state index contributed by atoms with van der Waals surface area (Å²) in [6.45, 7) is 7.22. The van der Waals surface area contributed by atoms with Gasteiger partial charge in [0.2, 0.25) is 5.91 Å². The molecule has 2 aliphatic heterocycles. The number of aliphatic carboxylic acids is 1. The van der Waals surface area contributed by atoms with E-state index in [1.807, 2.05) is 25.6 Å². The molecule has 2 saturated heterocycles. The highest BCUT2D eigenvalue weighted by atomic mass is 32.2. The second kappa shape index (κ2) is 9.56. The van der Waals surface area contributed by atoms with Crippen LogP contribution in [0, 0.1) is 13.8 Å². The molecule has 3 rings (SSSR count). The van der Waals surface area contributed by atoms with Crippen molar-refractivity contribution < 1.29 is 37.1 Å². The molecule has 1 aromatic rings. The van der Waals surface area contributed by atoms with Gasteiger partial charge in [-0.15, -0.1) is 11.8 Å². The quantitative estimate of drug-likeness (QED) is 0.724. The number of thioether (sulfide) groups is 1. The maximum atomic E-state index is 11.6. The summed E-state index contributed by atoms with van der Waals surface area (Å²) in [5, 5.41) is 11.1. The number of carboxylic acid groups (broad SMARTS) is 1. The van der Waals surface area contributed by atoms with Crippen LogP contribution in [0.3, 0.4) is 0 Å². The van der Waals surface area contributed by atoms with Gasteiger partial charge in [-0.2, -0.15) is 13.2 Å². The topological polar surface area (TPSA) is 96.1 Å². The Bertz CT molecular complexity index is 743. The first-order valence-electron chi connectivity index (χ1n) is 9.23. The molecule has 0 bridgehead atoms. The molecule has 30 heavy (non-hydrogen) atoms. The smallest absolute Gasteiger partial charge is 0.475 e. The molecular formula is C18H26F3N3O5S. The number of rotatable bonds is 5. The van der Waals surface area contributed by atoms with E-state index >= 15 is 0 Å². The summed E-state index contributed by atoms with van der Waals surface area (Å²) in [7, 11) is 3.52. The summed E-state index contributed by atoms with van der Waals surface area (Å²) >= 11 is 1.99. The predicted molar refractivity (Wildman–Crippen MR) is 103 cm³/mol. The minimum Gasteiger partial charge on any atom is -0.475 e. The van der Waals surface area contributed by atoms with Crippen molar-refractivity contribution in [3.63, 3.8) is 0 Å². The van der Waals surface area contributed by atoms with E-state index in [-0.39, 0.29) is 18.6 Å². The van der Waals surface area contributed by atoms with Crippen molar-refractivity contribution in [1.29, 1.82) is 0 Å². The number of carbonyl (C=O) groups is 2. The van der Waals surface area contributed by atoms with Crippen LogP contribution < -0.4 is 0 Å². The second-order valence-electron chi connectivity index (χ2n) is 7.67. The van der Waals surface area contributed by atoms with Gasteiger partial charge < -0.3 is 19.3 Å². The van der Waals surface area contributed by atoms with Crippen LogP contribution >= 0.6 is 11.8 Å². The lowest BCUT2D eigenvalue weighted by molar-refractivity contribution is -0.192. The van der Waals surface area contributed by atoms with E-state index in [1.54, 1.807) is 19.0 Å². The Balaban J connectivity index is 0.000000396. The Hall–Kier alpha value is -1.79. The molecule has 3 heterocycles. The number of alkyl halides is 3. The monoisotopic (exact) mass is 453 g/mol. The van der Waals surface area contributed by atoms with Crippen LogP contribution in [0.15, 0.2) is 4.52 Å². The van der Waals surface area contributed by atoms with Crippen molar-refractivity contribution in [2.24, 2.45) is 0 Å². The van der Waals surface area contributed by atoms with Crippen molar-refractivity contribution >= 4 is 23.6 Å². The minimum atomic E-state index is -5.08. The maximum Gasteiger partial charge on any atom is 0.490 e. The fourth-order valence-electron chi connectivity index (χ4n) is 3.28. The molecule has 1 atom stereocenters. The van der Waals surface area contributed by atoms with Gasteiger partial charge in [0.1, 0.15) is 12.4 Å². The Morgan fingerprint density at radius 2 is 1.97 bits per heavy atom. The number of aromatic nitrogens is 1. The highest BCUT2D eigenvalue weighted by Gasteiger charge is 2.49. The van der Waals surface area contributed by atoms with Crippen molar-refractivity contribution in [3.05, 3.63) is 17.0 Å². The summed E-state index contributed by atoms with van der Waals surface area (Å²) in [5.41, 5.74) is 2.21. The number of halogens is 3. The largest absolute Gasteiger partial charge is 0.490 e. The van der Waals surface area contributed by atoms with E-state index in [0.717, 1.165) is 43.3 Å². The first-order chi connectivity index (χ1) is 13.8. The molecule has 12 heteroatoms. The normalized spacial score (nSPS) is 20.4. The zero-order valence-electron chi connectivity index (χ0n) is 17.3. The lowest BCUT2D eigenvalue weighted by Gasteiger charge is -2.47. The number of ether oxygens (including phenoxy) is 1. The molecular weight excluding hydrogens is 427 g/mol. The van der Waals surface area contributed by atoms with Crippen LogP contribution in [0.4, 0.5) is 13.2 Å². The van der Waals surface area contributed by atoms with Gasteiger partial charge in [-0.25, -0.2) is 4.79 Å². The summed E-state index contributed by atoms with van der Waals surface area (Å²) < 4.78 is 43.1. The number of carbonyl (C=O) groups excluding carboxylic acids is 1. The highest BCUT2D eigenvalue weighted by molar-refractivity contribution is 8.01. The zero-order chi connectivity index (χ0) is 22.7. The molecule has 170 valence electrons. The third-order valence-electron chi connectivity index (χ3n) is 4.95. The summed E-state index contributed by atoms with van der Waals surface area (Å²) in [5.74, 6) is -0.817. The van der Waals surface area contributed by atoms with Crippen LogP contribution in [0.5, 0.6) is 0 Å². The van der Waals surface area contributed by atoms with Crippen LogP contribution in [0.1, 0.15) is 23.4 Å². The van der Waals surface area contributed by atoms with E-state index in [4.69, 9.17) is 19.2 Å². The van der Waals surface area contributed by atoms with Crippen LogP contribution in [-0.4, -0.2) is 88.5 Å². The molecule has 2 aliphatic rings. The van der Waals surface area contributed by atoms with Gasteiger partial charge in [-0.05, 0) is 20.3 Å². The first-order valence-corrected chi connectivity index (χ1v) is 10.2. The van der Waals surface area contributed by atoms with Crippen molar-refractivity contribution in [1.82, 2.24) is 15.0 Å². The van der Waals surface area contributed by atoms with Gasteiger partial charge in [0.25, 0.3) is 0 Å². The van der Waals surface area contributed by atoms with Crippen LogP contribution in [-0.2, 0) is 20.9 Å². The van der Waals surface area contributed by atoms with Gasteiger partial charge in [0.15, 0.2) is 0 Å². The van der Waals surface area contributed by atoms with Crippen LogP contribution in [0.2, 0.25) is 0 Å². The second-order valence-corrected chi connectivity index (χ2v) is 9.16. The standard InChI is InChI=1S/C16H25N3O3S.C2HF3O2/c1-11-14(12(2)22-17-11)6-19-9-16(10-19)5-13(8-23-16)21-7-15(20)18(3)4;3-2(4,5)1(6)7/h13H,5-10H2,1-4H3;(H,6,7). The number of hydrogen-bond donors (Lipinski definition) is 1. The molecule has 2 fully saturated rings. The SMILES string of the molecule is Cc1noc(C)c1CN1CC2(CC(OCC(=O)N(C)C)CS2)C1.O=C(O)C(F)(F)F. The number of carboxylic acids is 1. The van der Waals surface area contributed by atoms with Gasteiger partial charge in [0, 0.05) is 49.8 Å². The van der Waals surface area contributed by atoms with E-state index in [2.05, 4.69) is 10.1 Å². The summed E-state index contributed by atoms with van der Waals surface area (Å²) in [6, 6.07) is 0. The number of likely N-dealkylation sites (tertiary alicyclic amines) is 1. The summed E-state index contributed by atoms with van der Waals surface area (Å²) in [4.78, 5) is 24.5. The van der Waals surface area contributed by atoms with Crippen molar-refractivity contribution in [3.8, 4) is 0 Å². The highest BCUT2D eigenvalue weighted by Crippen LogP contribution is 2.46. The lowest BCUT2D eigenvalue weighted by atomic mass is 9.92. The van der Waals surface area contributed by atoms with Gasteiger partial charge in [0.05, 0.1) is 11.8 Å². The predicted octanol–water partition coefficient (Wildman–Crippen LogP) is 2.09. The molecule has 0 aliphatic carbocycles. The fourth-order valence-corrected chi connectivity index (χ4v) is 4.88. The molecule has 8 nitrogen and oxygen atoms in total. The lowest BCUT2D eigenvalue weighted by Crippen LogP contribution is -2.58. The fraction of sp³-hybridized carbons (Fsp3) is 0.722. The van der Waals surface area contributed by atoms with E-state index in [0.29, 0.717) is 4.75 Å². The maximum absolute atomic E-state index is 11.6. The van der Waals surface area contributed by atoms with Crippen LogP contribution in [0.25, 0.3) is 0 Å². The zero-order valence-corrected chi connectivity index (χ0v) is 18.1. The number of aryl methyl sites for hydroxylation is 2. The molecule has 1 aromatic heterocycles. The van der Waals surface area contributed by atoms with E-state index in [9.17, 15) is 18.0 Å². The van der Waals surface area contributed by atoms with E-state index < -0.39 is 12.1 Å². The molecule has 0 aromatic carbocycles. The number of hydrogen-bond acceptors (Lipinski definition) is 7. The van der Waals surface area contributed by atoms with Gasteiger partial charge in [-0.3, -0.25) is 9.69 Å². The molecule has 1 amide bonds. The average Bonchev–Trinajstić information content (AvgIpc) is 3.17. The Kier molecular flexibility index (Phi) is 7.80. The third-order valence-corrected chi connectivity index (χ3v) is 6.52.